The Bertz CT molecular complexity index is 884. The van der Waals surface area contributed by atoms with Gasteiger partial charge >= 0.3 is 0 Å². The van der Waals surface area contributed by atoms with Crippen LogP contribution >= 0.6 is 11.6 Å². The lowest BCUT2D eigenvalue weighted by Crippen LogP contribution is -2.29. The highest BCUT2D eigenvalue weighted by Crippen LogP contribution is 2.24. The maximum Gasteiger partial charge on any atom is 0.267 e. The number of aryl methyl sites for hydroxylation is 1. The molecule has 1 amide bonds. The summed E-state index contributed by atoms with van der Waals surface area (Å²) in [6.07, 6.45) is 0.881. The number of carbonyl (C=O) groups excluding carboxylic acids is 1. The maximum atomic E-state index is 11.9. The Kier molecular flexibility index (Phi) is 5.40. The van der Waals surface area contributed by atoms with Crippen LogP contribution in [0.2, 0.25) is 5.15 Å². The van der Waals surface area contributed by atoms with Crippen LogP contribution in [-0.2, 0) is 10.0 Å². The Morgan fingerprint density at radius 3 is 2.54 bits per heavy atom. The molecule has 0 fully saturated rings. The molecule has 24 heavy (non-hydrogen) atoms. The van der Waals surface area contributed by atoms with Gasteiger partial charge in [-0.25, -0.2) is 23.1 Å². The molecule has 0 aliphatic heterocycles. The standard InChI is InChI=1S/C15H16ClN3O4S/c1-4-23-13-8-9(2)7-12(17-13)11-6-5-10(14(16)18-11)15(20)19-24(3,21)22/h5-8H,4H2,1-3H3,(H,19,20). The monoisotopic (exact) mass is 369 g/mol. The van der Waals surface area contributed by atoms with E-state index in [2.05, 4.69) is 9.97 Å². The summed E-state index contributed by atoms with van der Waals surface area (Å²) in [6, 6.07) is 6.54. The van der Waals surface area contributed by atoms with Crippen LogP contribution in [0.4, 0.5) is 0 Å². The van der Waals surface area contributed by atoms with Crippen molar-refractivity contribution >= 4 is 27.5 Å². The zero-order chi connectivity index (χ0) is 17.9. The number of pyridine rings is 2. The highest BCUT2D eigenvalue weighted by molar-refractivity contribution is 7.89. The number of hydrogen-bond acceptors (Lipinski definition) is 6. The Morgan fingerprint density at radius 2 is 1.96 bits per heavy atom. The molecular weight excluding hydrogens is 354 g/mol. The van der Waals surface area contributed by atoms with Gasteiger partial charge in [0.1, 0.15) is 5.15 Å². The number of ether oxygens (including phenoxy) is 1. The second-order valence-corrected chi connectivity index (χ2v) is 7.15. The van der Waals surface area contributed by atoms with E-state index in [9.17, 15) is 13.2 Å². The van der Waals surface area contributed by atoms with Gasteiger partial charge in [-0.15, -0.1) is 0 Å². The van der Waals surface area contributed by atoms with Crippen LogP contribution in [0.5, 0.6) is 5.88 Å². The first-order valence-electron chi connectivity index (χ1n) is 7.00. The van der Waals surface area contributed by atoms with Crippen LogP contribution < -0.4 is 9.46 Å². The van der Waals surface area contributed by atoms with Crippen molar-refractivity contribution in [2.24, 2.45) is 0 Å². The third kappa shape index (κ3) is 4.65. The molecule has 128 valence electrons. The van der Waals surface area contributed by atoms with Gasteiger partial charge < -0.3 is 4.74 Å². The van der Waals surface area contributed by atoms with Gasteiger partial charge in [0, 0.05) is 6.07 Å². The normalized spacial score (nSPS) is 11.2. The molecule has 7 nitrogen and oxygen atoms in total. The fraction of sp³-hybridized carbons (Fsp3) is 0.267. The molecule has 2 rings (SSSR count). The van der Waals surface area contributed by atoms with Gasteiger partial charge in [0.15, 0.2) is 0 Å². The predicted octanol–water partition coefficient (Wildman–Crippen LogP) is 2.19. The molecule has 2 aromatic rings. The first-order chi connectivity index (χ1) is 11.2. The van der Waals surface area contributed by atoms with Crippen molar-refractivity contribution in [3.8, 4) is 17.3 Å². The summed E-state index contributed by atoms with van der Waals surface area (Å²) in [5.41, 5.74) is 1.87. The lowest BCUT2D eigenvalue weighted by molar-refractivity contribution is 0.0981. The molecule has 0 atom stereocenters. The first kappa shape index (κ1) is 18.2. The summed E-state index contributed by atoms with van der Waals surface area (Å²) in [5.74, 6) is -0.377. The van der Waals surface area contributed by atoms with Crippen LogP contribution in [0.25, 0.3) is 11.4 Å². The molecular formula is C15H16ClN3O4S. The number of rotatable bonds is 5. The second kappa shape index (κ2) is 7.14. The Balaban J connectivity index is 2.38. The quantitative estimate of drug-likeness (QED) is 0.811. The van der Waals surface area contributed by atoms with Crippen molar-refractivity contribution < 1.29 is 17.9 Å². The molecule has 0 aliphatic rings. The van der Waals surface area contributed by atoms with Crippen LogP contribution in [0, 0.1) is 6.92 Å². The van der Waals surface area contributed by atoms with Gasteiger partial charge in [-0.05, 0) is 37.6 Å². The number of hydrogen-bond donors (Lipinski definition) is 1. The van der Waals surface area contributed by atoms with Crippen molar-refractivity contribution in [3.05, 3.63) is 40.5 Å². The number of halogens is 1. The first-order valence-corrected chi connectivity index (χ1v) is 9.27. The fourth-order valence-corrected chi connectivity index (χ4v) is 2.64. The number of nitrogens with zero attached hydrogens (tertiary/aromatic N) is 2. The van der Waals surface area contributed by atoms with E-state index >= 15 is 0 Å². The summed E-state index contributed by atoms with van der Waals surface area (Å²) in [5, 5.41) is -0.116. The van der Waals surface area contributed by atoms with Gasteiger partial charge in [-0.3, -0.25) is 4.79 Å². The number of amides is 1. The zero-order valence-corrected chi connectivity index (χ0v) is 14.9. The summed E-state index contributed by atoms with van der Waals surface area (Å²) in [7, 11) is -3.68. The number of nitrogens with one attached hydrogen (secondary N) is 1. The minimum atomic E-state index is -3.68. The molecule has 0 bridgehead atoms. The summed E-state index contributed by atoms with van der Waals surface area (Å²) >= 11 is 6.02. The maximum absolute atomic E-state index is 11.9. The lowest BCUT2D eigenvalue weighted by Gasteiger charge is -2.09. The Labute approximate surface area is 145 Å². The highest BCUT2D eigenvalue weighted by Gasteiger charge is 2.17. The number of carbonyl (C=O) groups is 1. The van der Waals surface area contributed by atoms with Crippen molar-refractivity contribution in [1.29, 1.82) is 0 Å². The van der Waals surface area contributed by atoms with E-state index in [0.717, 1.165) is 11.8 Å². The molecule has 0 unspecified atom stereocenters. The van der Waals surface area contributed by atoms with E-state index in [-0.39, 0.29) is 10.7 Å². The van der Waals surface area contributed by atoms with Gasteiger partial charge in [0.05, 0.1) is 29.8 Å². The molecule has 1 N–H and O–H groups in total. The van der Waals surface area contributed by atoms with Gasteiger partial charge in [-0.1, -0.05) is 11.6 Å². The molecule has 0 radical (unpaired) electrons. The average molecular weight is 370 g/mol. The molecule has 0 aliphatic carbocycles. The average Bonchev–Trinajstić information content (AvgIpc) is 2.44. The van der Waals surface area contributed by atoms with Crippen molar-refractivity contribution in [1.82, 2.24) is 14.7 Å². The second-order valence-electron chi connectivity index (χ2n) is 5.04. The molecule has 0 spiro atoms. The summed E-state index contributed by atoms with van der Waals surface area (Å²) in [6.45, 7) is 4.23. The van der Waals surface area contributed by atoms with Crippen molar-refractivity contribution in [2.45, 2.75) is 13.8 Å². The fourth-order valence-electron chi connectivity index (χ4n) is 1.96. The van der Waals surface area contributed by atoms with Crippen LogP contribution in [-0.4, -0.2) is 37.2 Å². The van der Waals surface area contributed by atoms with E-state index in [1.54, 1.807) is 18.2 Å². The predicted molar refractivity (Wildman–Crippen MR) is 90.7 cm³/mol. The SMILES string of the molecule is CCOc1cc(C)cc(-c2ccc(C(=O)NS(C)(=O)=O)c(Cl)n2)n1. The largest absolute Gasteiger partial charge is 0.478 e. The molecule has 2 aromatic heterocycles. The van der Waals surface area contributed by atoms with Crippen LogP contribution in [0.15, 0.2) is 24.3 Å². The van der Waals surface area contributed by atoms with E-state index < -0.39 is 15.9 Å². The minimum Gasteiger partial charge on any atom is -0.478 e. The Morgan fingerprint density at radius 1 is 1.25 bits per heavy atom. The van der Waals surface area contributed by atoms with Gasteiger partial charge in [0.2, 0.25) is 15.9 Å². The lowest BCUT2D eigenvalue weighted by atomic mass is 10.1. The third-order valence-electron chi connectivity index (χ3n) is 2.87. The van der Waals surface area contributed by atoms with E-state index in [1.165, 1.54) is 6.07 Å². The molecule has 2 heterocycles. The van der Waals surface area contributed by atoms with Gasteiger partial charge in [-0.2, -0.15) is 0 Å². The van der Waals surface area contributed by atoms with Gasteiger partial charge in [0.25, 0.3) is 5.91 Å². The van der Waals surface area contributed by atoms with Crippen molar-refractivity contribution in [2.75, 3.05) is 12.9 Å². The van der Waals surface area contributed by atoms with Crippen LogP contribution in [0.3, 0.4) is 0 Å². The Hall–Kier alpha value is -2.19. The number of aromatic nitrogens is 2. The van der Waals surface area contributed by atoms with E-state index in [4.69, 9.17) is 16.3 Å². The number of sulfonamides is 1. The summed E-state index contributed by atoms with van der Waals surface area (Å²) < 4.78 is 29.5. The van der Waals surface area contributed by atoms with E-state index in [0.29, 0.717) is 23.9 Å². The zero-order valence-electron chi connectivity index (χ0n) is 13.3. The topological polar surface area (TPSA) is 98.2 Å². The highest BCUT2D eigenvalue weighted by atomic mass is 35.5. The van der Waals surface area contributed by atoms with Crippen molar-refractivity contribution in [3.63, 3.8) is 0 Å². The summed E-state index contributed by atoms with van der Waals surface area (Å²) in [4.78, 5) is 20.3. The minimum absolute atomic E-state index is 0.0384. The molecule has 0 aromatic carbocycles. The molecule has 0 saturated heterocycles. The third-order valence-corrected chi connectivity index (χ3v) is 3.72. The molecule has 0 saturated carbocycles. The van der Waals surface area contributed by atoms with Crippen LogP contribution in [0.1, 0.15) is 22.8 Å². The molecule has 9 heteroatoms. The smallest absolute Gasteiger partial charge is 0.267 e. The van der Waals surface area contributed by atoms with E-state index in [1.807, 2.05) is 18.6 Å².